The van der Waals surface area contributed by atoms with Gasteiger partial charge in [0.15, 0.2) is 0 Å². The van der Waals surface area contributed by atoms with E-state index in [1.165, 1.54) is 0 Å². The van der Waals surface area contributed by atoms with E-state index in [9.17, 15) is 9.59 Å². The van der Waals surface area contributed by atoms with Crippen LogP contribution >= 0.6 is 0 Å². The van der Waals surface area contributed by atoms with Gasteiger partial charge in [0.2, 0.25) is 5.91 Å². The van der Waals surface area contributed by atoms with Crippen LogP contribution in [0.15, 0.2) is 0 Å². The number of carbonyl (C=O) groups is 2. The zero-order chi connectivity index (χ0) is 14.8. The molecule has 0 heterocycles. The zero-order valence-electron chi connectivity index (χ0n) is 12.1. The van der Waals surface area contributed by atoms with E-state index in [-0.39, 0.29) is 25.1 Å². The number of rotatable bonds is 8. The van der Waals surface area contributed by atoms with Crippen LogP contribution in [0.25, 0.3) is 0 Å². The van der Waals surface area contributed by atoms with Crippen LogP contribution in [0, 0.1) is 0 Å². The molecule has 1 aliphatic carbocycles. The van der Waals surface area contributed by atoms with Crippen LogP contribution in [0.4, 0.5) is 4.79 Å². The normalized spacial score (nSPS) is 15.6. The summed E-state index contributed by atoms with van der Waals surface area (Å²) in [6.07, 6.45) is 4.21. The van der Waals surface area contributed by atoms with Crippen LogP contribution < -0.4 is 10.6 Å². The Kier molecular flexibility index (Phi) is 8.17. The van der Waals surface area contributed by atoms with Crippen molar-refractivity contribution in [3.05, 3.63) is 0 Å². The van der Waals surface area contributed by atoms with Gasteiger partial charge in [0.25, 0.3) is 0 Å². The van der Waals surface area contributed by atoms with Crippen LogP contribution in [0.3, 0.4) is 0 Å². The van der Waals surface area contributed by atoms with Gasteiger partial charge < -0.3 is 15.2 Å². The minimum atomic E-state index is -0.433. The molecule has 20 heavy (non-hydrogen) atoms. The van der Waals surface area contributed by atoms with Gasteiger partial charge in [-0.3, -0.25) is 15.0 Å². The Morgan fingerprint density at radius 1 is 1.30 bits per heavy atom. The molecule has 0 aromatic rings. The topological polar surface area (TPSA) is 90.9 Å². The van der Waals surface area contributed by atoms with Crippen molar-refractivity contribution in [1.29, 1.82) is 0 Å². The maximum absolute atomic E-state index is 11.7. The molecule has 7 nitrogen and oxygen atoms in total. The first-order valence-corrected chi connectivity index (χ1v) is 7.08. The third-order valence-electron chi connectivity index (χ3n) is 3.34. The minimum absolute atomic E-state index is 0.0364. The molecule has 0 aromatic carbocycles. The average Bonchev–Trinajstić information content (AvgIpc) is 2.88. The van der Waals surface area contributed by atoms with Crippen LogP contribution in [0.2, 0.25) is 0 Å². The van der Waals surface area contributed by atoms with Gasteiger partial charge in [-0.2, -0.15) is 0 Å². The van der Waals surface area contributed by atoms with Gasteiger partial charge in [0.05, 0.1) is 19.8 Å². The molecule has 0 unspecified atom stereocenters. The molecule has 0 bridgehead atoms. The third kappa shape index (κ3) is 6.83. The van der Waals surface area contributed by atoms with Crippen molar-refractivity contribution in [3.63, 3.8) is 0 Å². The number of urea groups is 1. The molecule has 1 aliphatic rings. The second kappa shape index (κ2) is 9.68. The summed E-state index contributed by atoms with van der Waals surface area (Å²) in [4.78, 5) is 25.1. The number of hydrogen-bond acceptors (Lipinski definition) is 5. The maximum Gasteiger partial charge on any atom is 0.321 e. The third-order valence-corrected chi connectivity index (χ3v) is 3.34. The lowest BCUT2D eigenvalue weighted by molar-refractivity contribution is -0.121. The van der Waals surface area contributed by atoms with E-state index < -0.39 is 6.03 Å². The summed E-state index contributed by atoms with van der Waals surface area (Å²) in [5, 5.41) is 14.0. The van der Waals surface area contributed by atoms with Gasteiger partial charge >= 0.3 is 6.03 Å². The second-order valence-corrected chi connectivity index (χ2v) is 5.00. The van der Waals surface area contributed by atoms with Crippen molar-refractivity contribution in [2.24, 2.45) is 0 Å². The Labute approximate surface area is 119 Å². The number of ether oxygens (including phenoxy) is 1. The molecule has 1 fully saturated rings. The van der Waals surface area contributed by atoms with E-state index in [1.807, 2.05) is 0 Å². The first-order valence-electron chi connectivity index (χ1n) is 7.08. The lowest BCUT2D eigenvalue weighted by Gasteiger charge is -2.20. The van der Waals surface area contributed by atoms with Gasteiger partial charge in [0.1, 0.15) is 0 Å². The fraction of sp³-hybridized carbons (Fsp3) is 0.846. The standard InChI is InChI=1S/C13H25N3O4/c1-20-9-7-16(6-8-17)10-12(18)15-13(19)14-11-4-2-3-5-11/h11,17H,2-10H2,1H3,(H2,14,15,18,19). The number of aliphatic hydroxyl groups is 1. The Morgan fingerprint density at radius 2 is 2.00 bits per heavy atom. The van der Waals surface area contributed by atoms with Gasteiger partial charge in [-0.15, -0.1) is 0 Å². The Bertz CT molecular complexity index is 306. The Balaban J connectivity index is 2.26. The number of amides is 3. The molecule has 1 saturated carbocycles. The molecular weight excluding hydrogens is 262 g/mol. The maximum atomic E-state index is 11.7. The molecule has 3 N–H and O–H groups in total. The Morgan fingerprint density at radius 3 is 2.60 bits per heavy atom. The highest BCUT2D eigenvalue weighted by Gasteiger charge is 2.19. The van der Waals surface area contributed by atoms with Gasteiger partial charge in [0, 0.05) is 26.2 Å². The van der Waals surface area contributed by atoms with E-state index in [0.717, 1.165) is 25.7 Å². The molecule has 3 amide bonds. The predicted octanol–water partition coefficient (Wildman–Crippen LogP) is -0.304. The number of nitrogens with one attached hydrogen (secondary N) is 2. The number of hydrogen-bond donors (Lipinski definition) is 3. The summed E-state index contributed by atoms with van der Waals surface area (Å²) < 4.78 is 4.94. The van der Waals surface area contributed by atoms with E-state index >= 15 is 0 Å². The molecule has 7 heteroatoms. The van der Waals surface area contributed by atoms with Crippen LogP contribution in [0.5, 0.6) is 0 Å². The zero-order valence-corrected chi connectivity index (χ0v) is 12.1. The fourth-order valence-electron chi connectivity index (χ4n) is 2.29. The molecule has 0 spiro atoms. The summed E-state index contributed by atoms with van der Waals surface area (Å²) in [6, 6.07) is -0.248. The predicted molar refractivity (Wildman–Crippen MR) is 74.3 cm³/mol. The lowest BCUT2D eigenvalue weighted by atomic mass is 10.2. The lowest BCUT2D eigenvalue weighted by Crippen LogP contribution is -2.47. The first kappa shape index (κ1) is 16.9. The van der Waals surface area contributed by atoms with Crippen LogP contribution in [0.1, 0.15) is 25.7 Å². The number of nitrogens with zero attached hydrogens (tertiary/aromatic N) is 1. The summed E-state index contributed by atoms with van der Waals surface area (Å²) in [5.41, 5.74) is 0. The van der Waals surface area contributed by atoms with E-state index in [0.29, 0.717) is 19.7 Å². The summed E-state index contributed by atoms with van der Waals surface area (Å²) >= 11 is 0. The molecule has 116 valence electrons. The molecule has 0 aromatic heterocycles. The molecule has 0 saturated heterocycles. The van der Waals surface area contributed by atoms with E-state index in [1.54, 1.807) is 12.0 Å². The molecule has 0 aliphatic heterocycles. The average molecular weight is 287 g/mol. The van der Waals surface area contributed by atoms with Crippen molar-refractivity contribution >= 4 is 11.9 Å². The van der Waals surface area contributed by atoms with Crippen molar-refractivity contribution < 1.29 is 19.4 Å². The van der Waals surface area contributed by atoms with Gasteiger partial charge in [-0.05, 0) is 12.8 Å². The van der Waals surface area contributed by atoms with Crippen molar-refractivity contribution in [2.75, 3.05) is 40.0 Å². The molecular formula is C13H25N3O4. The Hall–Kier alpha value is -1.18. The highest BCUT2D eigenvalue weighted by Crippen LogP contribution is 2.17. The summed E-state index contributed by atoms with van der Waals surface area (Å²) in [5.74, 6) is -0.370. The summed E-state index contributed by atoms with van der Waals surface area (Å²) in [7, 11) is 1.58. The quantitative estimate of drug-likeness (QED) is 0.570. The SMILES string of the molecule is COCCN(CCO)CC(=O)NC(=O)NC1CCCC1. The molecule has 0 atom stereocenters. The van der Waals surface area contributed by atoms with Crippen molar-refractivity contribution in [3.8, 4) is 0 Å². The second-order valence-electron chi connectivity index (χ2n) is 5.00. The van der Waals surface area contributed by atoms with Gasteiger partial charge in [-0.25, -0.2) is 4.79 Å². The number of aliphatic hydroxyl groups excluding tert-OH is 1. The van der Waals surface area contributed by atoms with Crippen LogP contribution in [-0.2, 0) is 9.53 Å². The van der Waals surface area contributed by atoms with E-state index in [4.69, 9.17) is 9.84 Å². The fourth-order valence-corrected chi connectivity index (χ4v) is 2.29. The van der Waals surface area contributed by atoms with Crippen LogP contribution in [-0.4, -0.2) is 67.9 Å². The smallest absolute Gasteiger partial charge is 0.321 e. The molecule has 1 rings (SSSR count). The number of imide groups is 1. The van der Waals surface area contributed by atoms with Crippen molar-refractivity contribution in [1.82, 2.24) is 15.5 Å². The largest absolute Gasteiger partial charge is 0.395 e. The van der Waals surface area contributed by atoms with Crippen molar-refractivity contribution in [2.45, 2.75) is 31.7 Å². The minimum Gasteiger partial charge on any atom is -0.395 e. The highest BCUT2D eigenvalue weighted by atomic mass is 16.5. The molecule has 0 radical (unpaired) electrons. The summed E-state index contributed by atoms with van der Waals surface area (Å²) in [6.45, 7) is 1.42. The van der Waals surface area contributed by atoms with E-state index in [2.05, 4.69) is 10.6 Å². The highest BCUT2D eigenvalue weighted by molar-refractivity contribution is 5.95. The first-order chi connectivity index (χ1) is 9.65. The monoisotopic (exact) mass is 287 g/mol. The van der Waals surface area contributed by atoms with Gasteiger partial charge in [-0.1, -0.05) is 12.8 Å². The number of methoxy groups -OCH3 is 1. The number of carbonyl (C=O) groups excluding carboxylic acids is 2.